The Morgan fingerprint density at radius 1 is 1.50 bits per heavy atom. The second kappa shape index (κ2) is 4.72. The Kier molecular flexibility index (Phi) is 3.54. The Bertz CT molecular complexity index is 220. The second-order valence-corrected chi connectivity index (χ2v) is 2.61. The quantitative estimate of drug-likeness (QED) is 0.687. The van der Waals surface area contributed by atoms with Gasteiger partial charge in [0.25, 0.3) is 0 Å². The molecule has 1 N–H and O–H groups in total. The highest BCUT2D eigenvalue weighted by molar-refractivity contribution is 5.40. The highest BCUT2D eigenvalue weighted by atomic mass is 16.5. The number of nitrogens with one attached hydrogen (secondary N) is 1. The molecule has 0 aliphatic rings. The lowest BCUT2D eigenvalue weighted by Gasteiger charge is -2.04. The van der Waals surface area contributed by atoms with Gasteiger partial charge in [-0.3, -0.25) is 4.98 Å². The average molecular weight is 166 g/mol. The second-order valence-electron chi connectivity index (χ2n) is 2.61. The summed E-state index contributed by atoms with van der Waals surface area (Å²) in [6.45, 7) is 3.51. The first-order chi connectivity index (χ1) is 5.83. The van der Waals surface area contributed by atoms with Gasteiger partial charge in [-0.05, 0) is 19.1 Å². The number of nitrogens with zero attached hydrogens (tertiary/aromatic N) is 1. The zero-order chi connectivity index (χ0) is 8.81. The summed E-state index contributed by atoms with van der Waals surface area (Å²) >= 11 is 0. The van der Waals surface area contributed by atoms with Crippen LogP contribution in [0.3, 0.4) is 0 Å². The lowest BCUT2D eigenvalue weighted by atomic mass is 10.3. The highest BCUT2D eigenvalue weighted by Crippen LogP contribution is 2.03. The van der Waals surface area contributed by atoms with E-state index in [1.165, 1.54) is 0 Å². The van der Waals surface area contributed by atoms with Crippen molar-refractivity contribution in [3.05, 3.63) is 24.0 Å². The topological polar surface area (TPSA) is 34.1 Å². The molecule has 0 spiro atoms. The standard InChI is InChI=1S/C9H14N2O/c1-8-3-4-9(7-11-8)10-5-6-12-2/h3-4,7,10H,5-6H2,1-2H3. The molecule has 0 aliphatic carbocycles. The van der Waals surface area contributed by atoms with Crippen molar-refractivity contribution in [2.75, 3.05) is 25.6 Å². The molecule has 0 amide bonds. The average Bonchev–Trinajstić information content (AvgIpc) is 2.09. The van der Waals surface area contributed by atoms with Crippen LogP contribution in [0.15, 0.2) is 18.3 Å². The first-order valence-electron chi connectivity index (χ1n) is 3.98. The molecule has 0 fully saturated rings. The van der Waals surface area contributed by atoms with Gasteiger partial charge in [-0.25, -0.2) is 0 Å². The Labute approximate surface area is 72.8 Å². The minimum Gasteiger partial charge on any atom is -0.383 e. The van der Waals surface area contributed by atoms with E-state index in [4.69, 9.17) is 4.74 Å². The van der Waals surface area contributed by atoms with E-state index in [0.29, 0.717) is 6.61 Å². The molecular weight excluding hydrogens is 152 g/mol. The molecule has 66 valence electrons. The molecular formula is C9H14N2O. The molecule has 3 nitrogen and oxygen atoms in total. The number of rotatable bonds is 4. The number of methoxy groups -OCH3 is 1. The number of pyridine rings is 1. The van der Waals surface area contributed by atoms with Crippen LogP contribution in [-0.4, -0.2) is 25.2 Å². The smallest absolute Gasteiger partial charge is 0.0635 e. The number of hydrogen-bond donors (Lipinski definition) is 1. The summed E-state index contributed by atoms with van der Waals surface area (Å²) in [5.74, 6) is 0. The molecule has 0 saturated carbocycles. The summed E-state index contributed by atoms with van der Waals surface area (Å²) < 4.78 is 4.90. The van der Waals surface area contributed by atoms with E-state index in [9.17, 15) is 0 Å². The van der Waals surface area contributed by atoms with Gasteiger partial charge in [0, 0.05) is 19.3 Å². The molecule has 0 saturated heterocycles. The predicted octanol–water partition coefficient (Wildman–Crippen LogP) is 1.45. The van der Waals surface area contributed by atoms with E-state index in [-0.39, 0.29) is 0 Å². The van der Waals surface area contributed by atoms with Crippen molar-refractivity contribution in [3.63, 3.8) is 0 Å². The molecule has 0 aliphatic heterocycles. The highest BCUT2D eigenvalue weighted by Gasteiger charge is 1.90. The van der Waals surface area contributed by atoms with E-state index in [1.54, 1.807) is 7.11 Å². The molecule has 0 aromatic carbocycles. The molecule has 1 heterocycles. The van der Waals surface area contributed by atoms with Crippen molar-refractivity contribution in [1.82, 2.24) is 4.98 Å². The SMILES string of the molecule is COCCNc1ccc(C)nc1. The third-order valence-corrected chi connectivity index (χ3v) is 1.55. The fraction of sp³-hybridized carbons (Fsp3) is 0.444. The number of ether oxygens (including phenoxy) is 1. The summed E-state index contributed by atoms with van der Waals surface area (Å²) in [5, 5.41) is 3.19. The number of aryl methyl sites for hydroxylation is 1. The van der Waals surface area contributed by atoms with Crippen LogP contribution in [0.25, 0.3) is 0 Å². The third-order valence-electron chi connectivity index (χ3n) is 1.55. The number of aromatic nitrogens is 1. The summed E-state index contributed by atoms with van der Waals surface area (Å²) in [7, 11) is 1.69. The normalized spacial score (nSPS) is 9.83. The fourth-order valence-electron chi connectivity index (χ4n) is 0.870. The maximum atomic E-state index is 4.90. The van der Waals surface area contributed by atoms with Gasteiger partial charge in [0.1, 0.15) is 0 Å². The molecule has 0 atom stereocenters. The Morgan fingerprint density at radius 2 is 2.33 bits per heavy atom. The van der Waals surface area contributed by atoms with Crippen molar-refractivity contribution >= 4 is 5.69 Å². The van der Waals surface area contributed by atoms with Gasteiger partial charge < -0.3 is 10.1 Å². The Morgan fingerprint density at radius 3 is 2.92 bits per heavy atom. The van der Waals surface area contributed by atoms with Crippen molar-refractivity contribution < 1.29 is 4.74 Å². The van der Waals surface area contributed by atoms with Gasteiger partial charge in [0.2, 0.25) is 0 Å². The van der Waals surface area contributed by atoms with Crippen LogP contribution < -0.4 is 5.32 Å². The zero-order valence-electron chi connectivity index (χ0n) is 7.50. The summed E-state index contributed by atoms with van der Waals surface area (Å²) in [5.41, 5.74) is 2.07. The monoisotopic (exact) mass is 166 g/mol. The lowest BCUT2D eigenvalue weighted by molar-refractivity contribution is 0.211. The van der Waals surface area contributed by atoms with E-state index in [0.717, 1.165) is 17.9 Å². The number of hydrogen-bond acceptors (Lipinski definition) is 3. The Hall–Kier alpha value is -1.09. The van der Waals surface area contributed by atoms with Gasteiger partial charge in [-0.1, -0.05) is 0 Å². The van der Waals surface area contributed by atoms with Crippen LogP contribution in [-0.2, 0) is 4.74 Å². The fourth-order valence-corrected chi connectivity index (χ4v) is 0.870. The zero-order valence-corrected chi connectivity index (χ0v) is 7.50. The van der Waals surface area contributed by atoms with Crippen LogP contribution in [0.4, 0.5) is 5.69 Å². The molecule has 0 bridgehead atoms. The van der Waals surface area contributed by atoms with Gasteiger partial charge >= 0.3 is 0 Å². The molecule has 0 radical (unpaired) electrons. The molecule has 3 heteroatoms. The van der Waals surface area contributed by atoms with Crippen LogP contribution in [0.5, 0.6) is 0 Å². The van der Waals surface area contributed by atoms with Crippen LogP contribution in [0.2, 0.25) is 0 Å². The summed E-state index contributed by atoms with van der Waals surface area (Å²) in [6.07, 6.45) is 1.82. The van der Waals surface area contributed by atoms with Gasteiger partial charge in [-0.2, -0.15) is 0 Å². The molecule has 1 rings (SSSR count). The minimum atomic E-state index is 0.716. The lowest BCUT2D eigenvalue weighted by Crippen LogP contribution is -2.07. The van der Waals surface area contributed by atoms with E-state index in [1.807, 2.05) is 25.3 Å². The molecule has 1 aromatic rings. The van der Waals surface area contributed by atoms with Crippen LogP contribution in [0.1, 0.15) is 5.69 Å². The van der Waals surface area contributed by atoms with E-state index < -0.39 is 0 Å². The van der Waals surface area contributed by atoms with E-state index in [2.05, 4.69) is 10.3 Å². The largest absolute Gasteiger partial charge is 0.383 e. The van der Waals surface area contributed by atoms with Gasteiger partial charge in [-0.15, -0.1) is 0 Å². The first-order valence-corrected chi connectivity index (χ1v) is 3.98. The predicted molar refractivity (Wildman–Crippen MR) is 49.3 cm³/mol. The van der Waals surface area contributed by atoms with Gasteiger partial charge in [0.15, 0.2) is 0 Å². The van der Waals surface area contributed by atoms with Crippen LogP contribution >= 0.6 is 0 Å². The summed E-state index contributed by atoms with van der Waals surface area (Å²) in [4.78, 5) is 4.15. The van der Waals surface area contributed by atoms with Crippen LogP contribution in [0, 0.1) is 6.92 Å². The van der Waals surface area contributed by atoms with Crippen molar-refractivity contribution in [2.24, 2.45) is 0 Å². The van der Waals surface area contributed by atoms with Gasteiger partial charge in [0.05, 0.1) is 18.5 Å². The summed E-state index contributed by atoms with van der Waals surface area (Å²) in [6, 6.07) is 3.99. The maximum Gasteiger partial charge on any atom is 0.0635 e. The molecule has 0 unspecified atom stereocenters. The van der Waals surface area contributed by atoms with E-state index >= 15 is 0 Å². The number of anilines is 1. The Balaban J connectivity index is 2.37. The van der Waals surface area contributed by atoms with Crippen molar-refractivity contribution in [2.45, 2.75) is 6.92 Å². The first kappa shape index (κ1) is 9.00. The third kappa shape index (κ3) is 2.88. The van der Waals surface area contributed by atoms with Crippen molar-refractivity contribution in [1.29, 1.82) is 0 Å². The minimum absolute atomic E-state index is 0.716. The van der Waals surface area contributed by atoms with Crippen molar-refractivity contribution in [3.8, 4) is 0 Å². The maximum absolute atomic E-state index is 4.90. The molecule has 1 aromatic heterocycles. The molecule has 12 heavy (non-hydrogen) atoms.